The van der Waals surface area contributed by atoms with Gasteiger partial charge in [-0.05, 0) is 66.0 Å². The van der Waals surface area contributed by atoms with E-state index < -0.39 is 37.8 Å². The molecule has 4 aromatic rings. The van der Waals surface area contributed by atoms with Crippen LogP contribution >= 0.6 is 7.82 Å². The van der Waals surface area contributed by atoms with Crippen molar-refractivity contribution >= 4 is 20.2 Å². The first-order chi connectivity index (χ1) is 27.5. The summed E-state index contributed by atoms with van der Waals surface area (Å²) < 4.78 is 85.4. The number of rotatable bonds is 22. The molecule has 1 fully saturated rings. The third-order valence-corrected chi connectivity index (χ3v) is 11.3. The molecule has 306 valence electrons. The largest absolute Gasteiger partial charge is 0.493 e. The smallest absolute Gasteiger partial charge is 0.475 e. The lowest BCUT2D eigenvalue weighted by Gasteiger charge is -2.30. The van der Waals surface area contributed by atoms with Gasteiger partial charge in [-0.25, -0.2) is 9.36 Å². The zero-order valence-corrected chi connectivity index (χ0v) is 32.9. The molecule has 0 spiro atoms. The molecule has 0 radical (unpaired) electrons. The molecular formula is C44H51F3NO8P. The Labute approximate surface area is 332 Å². The van der Waals surface area contributed by atoms with Crippen molar-refractivity contribution in [3.05, 3.63) is 137 Å². The maximum Gasteiger partial charge on any atom is 0.475 e. The molecule has 4 aromatic carbocycles. The van der Waals surface area contributed by atoms with Crippen LogP contribution in [0.4, 0.5) is 18.0 Å². The van der Waals surface area contributed by atoms with Crippen molar-refractivity contribution in [3.8, 4) is 5.75 Å². The number of phosphoric ester groups is 1. The molecule has 1 aliphatic rings. The first kappa shape index (κ1) is 43.6. The lowest BCUT2D eigenvalue weighted by molar-refractivity contribution is -0.139. The van der Waals surface area contributed by atoms with Gasteiger partial charge in [0.2, 0.25) is 0 Å². The number of alkyl carbamates (subject to hydrolysis) is 1. The lowest BCUT2D eigenvalue weighted by Crippen LogP contribution is -2.53. The highest BCUT2D eigenvalue weighted by molar-refractivity contribution is 7.48. The predicted molar refractivity (Wildman–Crippen MR) is 210 cm³/mol. The summed E-state index contributed by atoms with van der Waals surface area (Å²) in [4.78, 5) is 26.1. The van der Waals surface area contributed by atoms with Crippen LogP contribution in [0.15, 0.2) is 109 Å². The van der Waals surface area contributed by atoms with Crippen LogP contribution < -0.4 is 10.1 Å². The third kappa shape index (κ3) is 14.8. The fraction of sp³-hybridized carbons (Fsp3) is 0.409. The Morgan fingerprint density at radius 1 is 0.737 bits per heavy atom. The molecule has 0 aliphatic heterocycles. The maximum atomic E-state index is 14.3. The minimum absolute atomic E-state index is 0.119. The van der Waals surface area contributed by atoms with Crippen molar-refractivity contribution < 1.29 is 50.4 Å². The molecular weight excluding hydrogens is 758 g/mol. The Morgan fingerprint density at radius 3 is 1.88 bits per heavy atom. The summed E-state index contributed by atoms with van der Waals surface area (Å²) in [6.45, 7) is -1.01. The van der Waals surface area contributed by atoms with Gasteiger partial charge in [0.25, 0.3) is 0 Å². The summed E-state index contributed by atoms with van der Waals surface area (Å²) in [5.41, 5.74) is -0.630. The number of hydrogen-bond acceptors (Lipinski definition) is 8. The van der Waals surface area contributed by atoms with Gasteiger partial charge >= 0.3 is 20.1 Å². The minimum atomic E-state index is -4.71. The number of halogens is 3. The van der Waals surface area contributed by atoms with Crippen LogP contribution in [0.25, 0.3) is 0 Å². The molecule has 0 heterocycles. The molecule has 1 atom stereocenters. The first-order valence-electron chi connectivity index (χ1n) is 19.4. The van der Waals surface area contributed by atoms with Gasteiger partial charge < -0.3 is 19.6 Å². The second-order valence-electron chi connectivity index (χ2n) is 14.4. The van der Waals surface area contributed by atoms with E-state index in [2.05, 4.69) is 5.32 Å². The monoisotopic (exact) mass is 809 g/mol. The highest BCUT2D eigenvalue weighted by Crippen LogP contribution is 2.51. The Morgan fingerprint density at radius 2 is 1.32 bits per heavy atom. The molecule has 1 amide bonds. The van der Waals surface area contributed by atoms with Gasteiger partial charge in [-0.2, -0.15) is 13.2 Å². The number of benzene rings is 4. The quantitative estimate of drug-likeness (QED) is 0.0475. The lowest BCUT2D eigenvalue weighted by atomic mass is 9.86. The summed E-state index contributed by atoms with van der Waals surface area (Å²) in [6, 6.07) is 30.3. The molecule has 1 N–H and O–H groups in total. The fourth-order valence-electron chi connectivity index (χ4n) is 6.66. The summed E-state index contributed by atoms with van der Waals surface area (Å²) in [6.07, 6.45) is 3.09. The molecule has 13 heteroatoms. The number of aldehydes is 1. The van der Waals surface area contributed by atoms with E-state index in [0.29, 0.717) is 35.3 Å². The molecule has 5 rings (SSSR count). The number of unbranched alkanes of at least 4 members (excludes halogenated alkanes) is 1. The number of aryl methyl sites for hydroxylation is 1. The second kappa shape index (κ2) is 21.9. The SMILES string of the molecule is O=CC(CCc1ccc(OCCCCC2CCCCC2)c(C(F)(F)F)c1)(COP(=O)(OCc1ccccc1)OCc1ccccc1)NC(=O)OCc1ccccc1. The Kier molecular flexibility index (Phi) is 16.8. The Hall–Kier alpha value is -4.48. The summed E-state index contributed by atoms with van der Waals surface area (Å²) in [5, 5.41) is 2.53. The van der Waals surface area contributed by atoms with E-state index in [0.717, 1.165) is 18.9 Å². The molecule has 57 heavy (non-hydrogen) atoms. The molecule has 0 bridgehead atoms. The number of hydrogen-bond donors (Lipinski definition) is 1. The van der Waals surface area contributed by atoms with Gasteiger partial charge in [0.1, 0.15) is 24.2 Å². The van der Waals surface area contributed by atoms with Crippen molar-refractivity contribution in [2.75, 3.05) is 13.2 Å². The standard InChI is InChI=1S/C44H51F3NO8P/c45-44(46,47)40-29-36(24-25-41(40)52-28-14-13-17-35-15-5-1-6-16-35)26-27-43(33-49,48-42(50)53-30-37-18-7-2-8-19-37)34-56-57(51,54-31-38-20-9-3-10-21-38)55-32-39-22-11-4-12-23-39/h2-4,7-12,18-25,29,33,35H,1,5-6,13-17,26-28,30-32,34H2,(H,48,50). The molecule has 1 aliphatic carbocycles. The van der Waals surface area contributed by atoms with Crippen molar-refractivity contribution in [2.24, 2.45) is 5.92 Å². The second-order valence-corrected chi connectivity index (χ2v) is 16.0. The van der Waals surface area contributed by atoms with Crippen molar-refractivity contribution in [1.82, 2.24) is 5.32 Å². The number of phosphoric acid groups is 1. The molecule has 9 nitrogen and oxygen atoms in total. The highest BCUT2D eigenvalue weighted by atomic mass is 31.2. The van der Waals surface area contributed by atoms with E-state index in [9.17, 15) is 27.3 Å². The molecule has 0 aromatic heterocycles. The average Bonchev–Trinajstić information content (AvgIpc) is 3.24. The summed E-state index contributed by atoms with van der Waals surface area (Å²) in [7, 11) is -4.44. The van der Waals surface area contributed by atoms with E-state index >= 15 is 0 Å². The highest BCUT2D eigenvalue weighted by Gasteiger charge is 2.39. The van der Waals surface area contributed by atoms with E-state index in [-0.39, 0.29) is 50.6 Å². The van der Waals surface area contributed by atoms with Gasteiger partial charge in [0.15, 0.2) is 0 Å². The van der Waals surface area contributed by atoms with Gasteiger partial charge in [0, 0.05) is 0 Å². The van der Waals surface area contributed by atoms with Crippen LogP contribution in [-0.2, 0) is 60.1 Å². The normalized spacial score (nSPS) is 14.7. The fourth-order valence-corrected chi connectivity index (χ4v) is 7.88. The minimum Gasteiger partial charge on any atom is -0.493 e. The Balaban J connectivity index is 1.30. The molecule has 1 unspecified atom stereocenters. The predicted octanol–water partition coefficient (Wildman–Crippen LogP) is 11.2. The summed E-state index contributed by atoms with van der Waals surface area (Å²) >= 11 is 0. The number of carbonyl (C=O) groups is 2. The maximum absolute atomic E-state index is 14.3. The zero-order chi connectivity index (χ0) is 40.4. The van der Waals surface area contributed by atoms with Crippen LogP contribution in [0.2, 0.25) is 0 Å². The Bertz CT molecular complexity index is 1810. The average molecular weight is 810 g/mol. The molecule has 1 saturated carbocycles. The number of carbonyl (C=O) groups excluding carboxylic acids is 2. The van der Waals surface area contributed by atoms with Gasteiger partial charge in [-0.1, -0.05) is 136 Å². The van der Waals surface area contributed by atoms with Crippen LogP contribution in [0.5, 0.6) is 5.75 Å². The van der Waals surface area contributed by atoms with Gasteiger partial charge in [-0.3, -0.25) is 13.6 Å². The summed E-state index contributed by atoms with van der Waals surface area (Å²) in [5.74, 6) is 0.409. The van der Waals surface area contributed by atoms with Crippen molar-refractivity contribution in [3.63, 3.8) is 0 Å². The number of alkyl halides is 3. The van der Waals surface area contributed by atoms with Crippen LogP contribution in [0.1, 0.15) is 85.6 Å². The van der Waals surface area contributed by atoms with E-state index in [4.69, 9.17) is 23.0 Å². The van der Waals surface area contributed by atoms with Crippen LogP contribution in [0.3, 0.4) is 0 Å². The number of nitrogens with one attached hydrogen (secondary N) is 1. The zero-order valence-electron chi connectivity index (χ0n) is 32.0. The van der Waals surface area contributed by atoms with Crippen molar-refractivity contribution in [2.45, 2.75) is 95.7 Å². The topological polar surface area (TPSA) is 109 Å². The number of ether oxygens (including phenoxy) is 2. The first-order valence-corrected chi connectivity index (χ1v) is 20.9. The third-order valence-electron chi connectivity index (χ3n) is 9.93. The number of amides is 1. The van der Waals surface area contributed by atoms with E-state index in [1.165, 1.54) is 44.2 Å². The molecule has 0 saturated heterocycles. The van der Waals surface area contributed by atoms with E-state index in [1.807, 2.05) is 12.1 Å². The van der Waals surface area contributed by atoms with Gasteiger partial charge in [0.05, 0.1) is 32.0 Å². The van der Waals surface area contributed by atoms with Crippen LogP contribution in [-0.4, -0.2) is 31.1 Å². The van der Waals surface area contributed by atoms with Crippen LogP contribution in [0, 0.1) is 5.92 Å². The van der Waals surface area contributed by atoms with E-state index in [1.54, 1.807) is 78.9 Å². The van der Waals surface area contributed by atoms with Crippen molar-refractivity contribution in [1.29, 1.82) is 0 Å². The van der Waals surface area contributed by atoms with Gasteiger partial charge in [-0.15, -0.1) is 0 Å².